The van der Waals surface area contributed by atoms with Gasteiger partial charge in [-0.15, -0.1) is 0 Å². The van der Waals surface area contributed by atoms with Gasteiger partial charge in [-0.05, 0) is 6.42 Å². The summed E-state index contributed by atoms with van der Waals surface area (Å²) in [7, 11) is 3.14. The number of nitrogens with zero attached hydrogens (tertiary/aromatic N) is 1. The highest BCUT2D eigenvalue weighted by Gasteiger charge is 2.03. The quantitative estimate of drug-likeness (QED) is 0.592. The Balaban J connectivity index is 3.41. The van der Waals surface area contributed by atoms with Gasteiger partial charge < -0.3 is 5.32 Å². The number of rotatable bonds is 3. The van der Waals surface area contributed by atoms with Crippen molar-refractivity contribution >= 4 is 6.03 Å². The molecule has 0 atom stereocenters. The predicted octanol–water partition coefficient (Wildman–Crippen LogP) is 0.599. The van der Waals surface area contributed by atoms with Crippen LogP contribution in [0.4, 0.5) is 4.79 Å². The van der Waals surface area contributed by atoms with E-state index < -0.39 is 0 Å². The molecule has 0 aromatic rings. The maximum Gasteiger partial charge on any atom is 0.340 e. The van der Waals surface area contributed by atoms with Crippen LogP contribution < -0.4 is 5.32 Å². The zero-order valence-corrected chi connectivity index (χ0v) is 6.68. The Morgan fingerprint density at radius 1 is 1.70 bits per heavy atom. The zero-order valence-electron chi connectivity index (χ0n) is 6.68. The van der Waals surface area contributed by atoms with Gasteiger partial charge in [0.2, 0.25) is 0 Å². The lowest BCUT2D eigenvalue weighted by molar-refractivity contribution is -0.0972. The normalized spacial score (nSPS) is 9.10. The summed E-state index contributed by atoms with van der Waals surface area (Å²) in [5.41, 5.74) is 0. The Morgan fingerprint density at radius 3 is 2.70 bits per heavy atom. The molecule has 1 N–H and O–H groups in total. The van der Waals surface area contributed by atoms with E-state index in [2.05, 4.69) is 5.32 Å². The Bertz CT molecular complexity index is 106. The Hall–Kier alpha value is -0.770. The number of hydrogen-bond donors (Lipinski definition) is 1. The van der Waals surface area contributed by atoms with Crippen LogP contribution in [0, 0.1) is 0 Å². The van der Waals surface area contributed by atoms with E-state index in [1.165, 1.54) is 5.06 Å². The Labute approximate surface area is 61.1 Å². The van der Waals surface area contributed by atoms with Crippen LogP contribution in [-0.2, 0) is 4.84 Å². The number of urea groups is 1. The first kappa shape index (κ1) is 9.23. The van der Waals surface area contributed by atoms with Crippen LogP contribution in [-0.4, -0.2) is 31.8 Å². The third kappa shape index (κ3) is 3.29. The second kappa shape index (κ2) is 5.05. The molecule has 0 aliphatic heterocycles. The van der Waals surface area contributed by atoms with Crippen LogP contribution in [0.1, 0.15) is 13.3 Å². The van der Waals surface area contributed by atoms with Crippen LogP contribution >= 0.6 is 0 Å². The second-order valence-corrected chi connectivity index (χ2v) is 1.89. The number of carbonyl (C=O) groups is 1. The van der Waals surface area contributed by atoms with Gasteiger partial charge in [0.1, 0.15) is 0 Å². The molecule has 4 heteroatoms. The van der Waals surface area contributed by atoms with Crippen LogP contribution in [0.2, 0.25) is 0 Å². The molecule has 60 valence electrons. The summed E-state index contributed by atoms with van der Waals surface area (Å²) in [6, 6.07) is -0.228. The average molecular weight is 146 g/mol. The summed E-state index contributed by atoms with van der Waals surface area (Å²) in [6.07, 6.45) is 0.904. The molecule has 2 amide bonds. The molecule has 0 aromatic carbocycles. The maximum absolute atomic E-state index is 10.7. The number of hydroxylamine groups is 2. The highest BCUT2D eigenvalue weighted by Crippen LogP contribution is 1.87. The Morgan fingerprint density at radius 2 is 2.30 bits per heavy atom. The van der Waals surface area contributed by atoms with Gasteiger partial charge in [0, 0.05) is 14.1 Å². The molecule has 0 bridgehead atoms. The summed E-state index contributed by atoms with van der Waals surface area (Å²) in [6.45, 7) is 2.56. The fourth-order valence-electron chi connectivity index (χ4n) is 0.444. The third-order valence-electron chi connectivity index (χ3n) is 0.989. The first-order chi connectivity index (χ1) is 4.72. The molecule has 0 saturated heterocycles. The van der Waals surface area contributed by atoms with E-state index in [1.54, 1.807) is 14.1 Å². The molecule has 10 heavy (non-hydrogen) atoms. The van der Waals surface area contributed by atoms with Crippen molar-refractivity contribution < 1.29 is 9.63 Å². The lowest BCUT2D eigenvalue weighted by atomic mass is 10.5. The van der Waals surface area contributed by atoms with Crippen LogP contribution in [0.3, 0.4) is 0 Å². The van der Waals surface area contributed by atoms with E-state index in [-0.39, 0.29) is 6.03 Å². The molecule has 0 fully saturated rings. The van der Waals surface area contributed by atoms with Gasteiger partial charge in [0.05, 0.1) is 6.61 Å². The number of hydrogen-bond acceptors (Lipinski definition) is 2. The number of nitrogens with one attached hydrogen (secondary N) is 1. The number of amides is 2. The first-order valence-electron chi connectivity index (χ1n) is 3.30. The van der Waals surface area contributed by atoms with E-state index >= 15 is 0 Å². The molecule has 0 unspecified atom stereocenters. The minimum atomic E-state index is -0.228. The van der Waals surface area contributed by atoms with Crippen LogP contribution in [0.15, 0.2) is 0 Å². The fourth-order valence-corrected chi connectivity index (χ4v) is 0.444. The molecule has 0 aliphatic rings. The fraction of sp³-hybridized carbons (Fsp3) is 0.833. The summed E-state index contributed by atoms with van der Waals surface area (Å²) in [4.78, 5) is 15.7. The summed E-state index contributed by atoms with van der Waals surface area (Å²) < 4.78 is 0. The van der Waals surface area contributed by atoms with E-state index in [1.807, 2.05) is 6.92 Å². The third-order valence-corrected chi connectivity index (χ3v) is 0.989. The second-order valence-electron chi connectivity index (χ2n) is 1.89. The first-order valence-corrected chi connectivity index (χ1v) is 3.30. The van der Waals surface area contributed by atoms with Crippen molar-refractivity contribution in [2.24, 2.45) is 0 Å². The smallest absolute Gasteiger partial charge is 0.339 e. The molecule has 0 aliphatic carbocycles. The minimum absolute atomic E-state index is 0.228. The molecule has 0 radical (unpaired) electrons. The average Bonchev–Trinajstić information content (AvgIpc) is 1.98. The van der Waals surface area contributed by atoms with E-state index in [4.69, 9.17) is 4.84 Å². The molecule has 4 nitrogen and oxygen atoms in total. The van der Waals surface area contributed by atoms with Crippen molar-refractivity contribution in [3.05, 3.63) is 0 Å². The molecule has 0 spiro atoms. The lowest BCUT2D eigenvalue weighted by Gasteiger charge is -2.14. The van der Waals surface area contributed by atoms with Gasteiger partial charge in [0.25, 0.3) is 0 Å². The van der Waals surface area contributed by atoms with E-state index in [0.717, 1.165) is 6.42 Å². The molecule has 0 rings (SSSR count). The van der Waals surface area contributed by atoms with Gasteiger partial charge >= 0.3 is 6.03 Å². The van der Waals surface area contributed by atoms with Gasteiger partial charge in [-0.2, -0.15) is 0 Å². The van der Waals surface area contributed by atoms with Gasteiger partial charge in [-0.3, -0.25) is 4.84 Å². The predicted molar refractivity (Wildman–Crippen MR) is 38.5 cm³/mol. The standard InChI is InChI=1S/C6H14N2O2/c1-4-5-10-8(3)6(9)7-2/h4-5H2,1-3H3,(H,7,9). The summed E-state index contributed by atoms with van der Waals surface area (Å²) in [5, 5.41) is 3.62. The Kier molecular flexibility index (Phi) is 4.66. The summed E-state index contributed by atoms with van der Waals surface area (Å²) in [5.74, 6) is 0. The van der Waals surface area contributed by atoms with Gasteiger partial charge in [-0.25, -0.2) is 9.86 Å². The maximum atomic E-state index is 10.7. The largest absolute Gasteiger partial charge is 0.340 e. The molecule has 0 heterocycles. The van der Waals surface area contributed by atoms with E-state index in [0.29, 0.717) is 6.61 Å². The minimum Gasteiger partial charge on any atom is -0.339 e. The van der Waals surface area contributed by atoms with Crippen molar-refractivity contribution in [3.8, 4) is 0 Å². The van der Waals surface area contributed by atoms with Crippen LogP contribution in [0.25, 0.3) is 0 Å². The van der Waals surface area contributed by atoms with Crippen LogP contribution in [0.5, 0.6) is 0 Å². The van der Waals surface area contributed by atoms with Crippen molar-refractivity contribution in [3.63, 3.8) is 0 Å². The van der Waals surface area contributed by atoms with Crippen molar-refractivity contribution in [2.75, 3.05) is 20.7 Å². The highest BCUT2D eigenvalue weighted by atomic mass is 16.7. The highest BCUT2D eigenvalue weighted by molar-refractivity contribution is 5.72. The lowest BCUT2D eigenvalue weighted by Crippen LogP contribution is -2.35. The van der Waals surface area contributed by atoms with Gasteiger partial charge in [0.15, 0.2) is 0 Å². The molecular weight excluding hydrogens is 132 g/mol. The number of carbonyl (C=O) groups excluding carboxylic acids is 1. The van der Waals surface area contributed by atoms with E-state index in [9.17, 15) is 4.79 Å². The zero-order chi connectivity index (χ0) is 7.98. The topological polar surface area (TPSA) is 41.6 Å². The van der Waals surface area contributed by atoms with Crippen molar-refractivity contribution in [1.82, 2.24) is 10.4 Å². The molecule has 0 aromatic heterocycles. The van der Waals surface area contributed by atoms with Crippen molar-refractivity contribution in [1.29, 1.82) is 0 Å². The van der Waals surface area contributed by atoms with Gasteiger partial charge in [-0.1, -0.05) is 6.92 Å². The summed E-state index contributed by atoms with van der Waals surface area (Å²) >= 11 is 0. The monoisotopic (exact) mass is 146 g/mol. The van der Waals surface area contributed by atoms with Crippen molar-refractivity contribution in [2.45, 2.75) is 13.3 Å². The SMILES string of the molecule is CCCON(C)C(=O)NC. The molecule has 0 saturated carbocycles. The molecular formula is C6H14N2O2.